The molecular formula is C16H33NOS2. The predicted molar refractivity (Wildman–Crippen MR) is 94.6 cm³/mol. The molecule has 0 bridgehead atoms. The van der Waals surface area contributed by atoms with Crippen molar-refractivity contribution in [1.29, 1.82) is 0 Å². The van der Waals surface area contributed by atoms with E-state index in [-0.39, 0.29) is 0 Å². The minimum atomic E-state index is 0.462. The molecule has 1 saturated heterocycles. The number of ether oxygens (including phenoxy) is 1. The predicted octanol–water partition coefficient (Wildman–Crippen LogP) is 4.55. The summed E-state index contributed by atoms with van der Waals surface area (Å²) in [6, 6.07) is 0. The second-order valence-corrected chi connectivity index (χ2v) is 10.3. The van der Waals surface area contributed by atoms with E-state index in [1.165, 1.54) is 30.9 Å². The Morgan fingerprint density at radius 2 is 1.60 bits per heavy atom. The van der Waals surface area contributed by atoms with Gasteiger partial charge in [-0.15, -0.1) is 0 Å². The molecule has 1 aliphatic rings. The maximum Gasteiger partial charge on any atom is 0.0594 e. The Kier molecular flexibility index (Phi) is 8.32. The largest absolute Gasteiger partial charge is 0.379 e. The highest BCUT2D eigenvalue weighted by atomic mass is 33.1. The highest BCUT2D eigenvalue weighted by Gasteiger charge is 2.21. The first-order valence-corrected chi connectivity index (χ1v) is 10.3. The second-order valence-electron chi connectivity index (χ2n) is 7.76. The molecule has 0 aromatic heterocycles. The quantitative estimate of drug-likeness (QED) is 0.480. The van der Waals surface area contributed by atoms with E-state index in [0.29, 0.717) is 10.8 Å². The van der Waals surface area contributed by atoms with Gasteiger partial charge in [0, 0.05) is 31.1 Å². The molecule has 4 heteroatoms. The summed E-state index contributed by atoms with van der Waals surface area (Å²) < 4.78 is 5.37. The summed E-state index contributed by atoms with van der Waals surface area (Å²) in [6.45, 7) is 17.1. The monoisotopic (exact) mass is 319 g/mol. The molecule has 0 N–H and O–H groups in total. The van der Waals surface area contributed by atoms with E-state index >= 15 is 0 Å². The Morgan fingerprint density at radius 3 is 2.20 bits per heavy atom. The zero-order chi connectivity index (χ0) is 15.1. The molecule has 0 aromatic rings. The van der Waals surface area contributed by atoms with E-state index in [9.17, 15) is 0 Å². The van der Waals surface area contributed by atoms with Gasteiger partial charge in [0.25, 0.3) is 0 Å². The minimum Gasteiger partial charge on any atom is -0.379 e. The van der Waals surface area contributed by atoms with Gasteiger partial charge in [0.05, 0.1) is 13.2 Å². The molecule has 1 aliphatic heterocycles. The summed E-state index contributed by atoms with van der Waals surface area (Å²) >= 11 is 0. The first-order valence-electron chi connectivity index (χ1n) is 7.83. The van der Waals surface area contributed by atoms with Crippen LogP contribution in [0.25, 0.3) is 0 Å². The van der Waals surface area contributed by atoms with Gasteiger partial charge in [-0.1, -0.05) is 56.2 Å². The Morgan fingerprint density at radius 1 is 0.950 bits per heavy atom. The van der Waals surface area contributed by atoms with Crippen LogP contribution in [0.2, 0.25) is 0 Å². The van der Waals surface area contributed by atoms with Crippen molar-refractivity contribution < 1.29 is 4.74 Å². The average Bonchev–Trinajstić information content (AvgIpc) is 2.37. The smallest absolute Gasteiger partial charge is 0.0594 e. The molecule has 2 nitrogen and oxygen atoms in total. The molecule has 0 spiro atoms. The SMILES string of the molecule is CC(C)(C)CCC(C)(C)CSSCCN1CCOCC1. The van der Waals surface area contributed by atoms with Crippen molar-refractivity contribution in [3.63, 3.8) is 0 Å². The highest BCUT2D eigenvalue weighted by molar-refractivity contribution is 8.76. The Labute approximate surface area is 134 Å². The Bertz CT molecular complexity index is 258. The van der Waals surface area contributed by atoms with Crippen LogP contribution in [0, 0.1) is 10.8 Å². The Hall–Kier alpha value is 0.620. The zero-order valence-electron chi connectivity index (χ0n) is 14.0. The van der Waals surface area contributed by atoms with Gasteiger partial charge < -0.3 is 4.74 Å². The molecule has 0 atom stereocenters. The zero-order valence-corrected chi connectivity index (χ0v) is 15.7. The van der Waals surface area contributed by atoms with Crippen LogP contribution in [0.15, 0.2) is 0 Å². The molecular weight excluding hydrogens is 286 g/mol. The molecule has 1 rings (SSSR count). The van der Waals surface area contributed by atoms with Crippen LogP contribution in [0.5, 0.6) is 0 Å². The van der Waals surface area contributed by atoms with Gasteiger partial charge in [0.2, 0.25) is 0 Å². The van der Waals surface area contributed by atoms with E-state index in [2.05, 4.69) is 50.3 Å². The average molecular weight is 320 g/mol. The van der Waals surface area contributed by atoms with E-state index < -0.39 is 0 Å². The van der Waals surface area contributed by atoms with Gasteiger partial charge >= 0.3 is 0 Å². The third-order valence-electron chi connectivity index (χ3n) is 3.68. The number of morpholine rings is 1. The van der Waals surface area contributed by atoms with E-state index in [4.69, 9.17) is 4.74 Å². The standard InChI is InChI=1S/C16H33NOS2/c1-15(2,3)6-7-16(4,5)14-20-19-13-10-17-8-11-18-12-9-17/h6-14H2,1-5H3. The van der Waals surface area contributed by atoms with E-state index in [1.54, 1.807) is 0 Å². The third kappa shape index (κ3) is 9.54. The fourth-order valence-electron chi connectivity index (χ4n) is 2.04. The fourth-order valence-corrected chi connectivity index (χ4v) is 4.82. The number of hydrogen-bond donors (Lipinski definition) is 0. The lowest BCUT2D eigenvalue weighted by molar-refractivity contribution is 0.0410. The summed E-state index contributed by atoms with van der Waals surface area (Å²) in [4.78, 5) is 2.52. The fraction of sp³-hybridized carbons (Fsp3) is 1.00. The summed E-state index contributed by atoms with van der Waals surface area (Å²) in [5, 5.41) is 0. The number of hydrogen-bond acceptors (Lipinski definition) is 4. The third-order valence-corrected chi connectivity index (χ3v) is 6.45. The maximum absolute atomic E-state index is 5.37. The number of nitrogens with zero attached hydrogens (tertiary/aromatic N) is 1. The van der Waals surface area contributed by atoms with Crippen molar-refractivity contribution in [3.05, 3.63) is 0 Å². The number of rotatable bonds is 8. The molecule has 0 aromatic carbocycles. The van der Waals surface area contributed by atoms with Gasteiger partial charge in [0.1, 0.15) is 0 Å². The molecule has 0 aliphatic carbocycles. The second kappa shape index (κ2) is 8.92. The van der Waals surface area contributed by atoms with Crippen LogP contribution < -0.4 is 0 Å². The van der Waals surface area contributed by atoms with Crippen LogP contribution in [0.1, 0.15) is 47.5 Å². The lowest BCUT2D eigenvalue weighted by Crippen LogP contribution is -2.37. The molecule has 0 amide bonds. The molecule has 1 heterocycles. The van der Waals surface area contributed by atoms with E-state index in [1.807, 2.05) is 10.8 Å². The molecule has 0 radical (unpaired) electrons. The lowest BCUT2D eigenvalue weighted by atomic mass is 9.81. The van der Waals surface area contributed by atoms with Crippen molar-refractivity contribution in [2.24, 2.45) is 10.8 Å². The van der Waals surface area contributed by atoms with Gasteiger partial charge in [-0.05, 0) is 23.7 Å². The summed E-state index contributed by atoms with van der Waals surface area (Å²) in [5.74, 6) is 2.50. The van der Waals surface area contributed by atoms with Crippen molar-refractivity contribution in [1.82, 2.24) is 4.90 Å². The minimum absolute atomic E-state index is 0.462. The van der Waals surface area contributed by atoms with E-state index in [0.717, 1.165) is 26.3 Å². The van der Waals surface area contributed by atoms with Crippen molar-refractivity contribution in [2.75, 3.05) is 44.4 Å². The highest BCUT2D eigenvalue weighted by Crippen LogP contribution is 2.36. The van der Waals surface area contributed by atoms with Crippen LogP contribution in [-0.4, -0.2) is 49.3 Å². The molecule has 1 fully saturated rings. The normalized spacial score (nSPS) is 18.4. The van der Waals surface area contributed by atoms with Crippen molar-refractivity contribution in [2.45, 2.75) is 47.5 Å². The topological polar surface area (TPSA) is 12.5 Å². The molecule has 120 valence electrons. The summed E-state index contributed by atoms with van der Waals surface area (Å²) in [5.41, 5.74) is 0.926. The van der Waals surface area contributed by atoms with Crippen molar-refractivity contribution in [3.8, 4) is 0 Å². The summed E-state index contributed by atoms with van der Waals surface area (Å²) in [6.07, 6.45) is 2.65. The van der Waals surface area contributed by atoms with Gasteiger partial charge in [-0.2, -0.15) is 0 Å². The molecule has 0 saturated carbocycles. The Balaban J connectivity index is 2.04. The van der Waals surface area contributed by atoms with Crippen LogP contribution >= 0.6 is 21.6 Å². The van der Waals surface area contributed by atoms with Crippen LogP contribution in [0.4, 0.5) is 0 Å². The lowest BCUT2D eigenvalue weighted by Gasteiger charge is -2.29. The van der Waals surface area contributed by atoms with Crippen LogP contribution in [-0.2, 0) is 4.74 Å². The summed E-state index contributed by atoms with van der Waals surface area (Å²) in [7, 11) is 4.10. The van der Waals surface area contributed by atoms with Crippen LogP contribution in [0.3, 0.4) is 0 Å². The first-order chi connectivity index (χ1) is 9.29. The maximum atomic E-state index is 5.37. The van der Waals surface area contributed by atoms with Crippen molar-refractivity contribution >= 4 is 21.6 Å². The molecule has 20 heavy (non-hydrogen) atoms. The van der Waals surface area contributed by atoms with Gasteiger partial charge in [-0.25, -0.2) is 0 Å². The first kappa shape index (κ1) is 18.7. The molecule has 0 unspecified atom stereocenters. The van der Waals surface area contributed by atoms with Gasteiger partial charge in [0.15, 0.2) is 0 Å². The van der Waals surface area contributed by atoms with Gasteiger partial charge in [-0.3, -0.25) is 4.90 Å².